The van der Waals surface area contributed by atoms with Crippen molar-refractivity contribution in [3.63, 3.8) is 0 Å². The fourth-order valence-electron chi connectivity index (χ4n) is 1.81. The van der Waals surface area contributed by atoms with Gasteiger partial charge in [-0.15, -0.1) is 0 Å². The van der Waals surface area contributed by atoms with Gasteiger partial charge in [0.2, 0.25) is 5.91 Å². The van der Waals surface area contributed by atoms with Crippen LogP contribution in [0.3, 0.4) is 0 Å². The van der Waals surface area contributed by atoms with E-state index >= 15 is 0 Å². The van der Waals surface area contributed by atoms with Crippen molar-refractivity contribution in [1.29, 1.82) is 0 Å². The Bertz CT molecular complexity index is 556. The van der Waals surface area contributed by atoms with Crippen LogP contribution in [0.4, 0.5) is 5.82 Å². The van der Waals surface area contributed by atoms with Crippen molar-refractivity contribution in [2.75, 3.05) is 11.6 Å². The summed E-state index contributed by atoms with van der Waals surface area (Å²) in [7, 11) is 0. The Hall–Kier alpha value is -1.88. The lowest BCUT2D eigenvalue weighted by Gasteiger charge is -2.28. The van der Waals surface area contributed by atoms with Crippen molar-refractivity contribution in [3.8, 4) is 0 Å². The second kappa shape index (κ2) is 5.01. The van der Waals surface area contributed by atoms with Gasteiger partial charge in [0.15, 0.2) is 5.82 Å². The fraction of sp³-hybridized carbons (Fsp3) is 0.429. The van der Waals surface area contributed by atoms with Crippen LogP contribution in [-0.2, 0) is 4.79 Å². The number of amides is 1. The Balaban J connectivity index is 2.39. The number of fused-ring (bicyclic) bond motifs is 1. The van der Waals surface area contributed by atoms with E-state index < -0.39 is 5.41 Å². The molecule has 19 heavy (non-hydrogen) atoms. The molecule has 2 heterocycles. The summed E-state index contributed by atoms with van der Waals surface area (Å²) in [6.07, 6.45) is 4.31. The van der Waals surface area contributed by atoms with Gasteiger partial charge in [-0.25, -0.2) is 4.98 Å². The molecule has 0 bridgehead atoms. The van der Waals surface area contributed by atoms with Crippen molar-refractivity contribution in [1.82, 2.24) is 9.38 Å². The van der Waals surface area contributed by atoms with Crippen LogP contribution in [0.15, 0.2) is 30.6 Å². The average molecular weight is 261 g/mol. The largest absolute Gasteiger partial charge is 0.376 e. The first-order valence-electron chi connectivity index (χ1n) is 6.36. The van der Waals surface area contributed by atoms with Crippen LogP contribution in [0.5, 0.6) is 0 Å². The van der Waals surface area contributed by atoms with Crippen LogP contribution >= 0.6 is 0 Å². The summed E-state index contributed by atoms with van der Waals surface area (Å²) in [4.78, 5) is 18.1. The quantitative estimate of drug-likeness (QED) is 0.857. The first-order valence-corrected chi connectivity index (χ1v) is 6.36. The lowest BCUT2D eigenvalue weighted by Crippen LogP contribution is -2.41. The highest BCUT2D eigenvalue weighted by atomic mass is 16.3. The van der Waals surface area contributed by atoms with Gasteiger partial charge in [-0.3, -0.25) is 9.69 Å². The van der Waals surface area contributed by atoms with Crippen molar-refractivity contribution in [3.05, 3.63) is 30.6 Å². The molecule has 1 amide bonds. The Morgan fingerprint density at radius 1 is 1.47 bits per heavy atom. The number of nitrogens with zero attached hydrogens (tertiary/aromatic N) is 3. The van der Waals surface area contributed by atoms with Crippen molar-refractivity contribution in [2.45, 2.75) is 27.2 Å². The number of pyridine rings is 1. The first-order chi connectivity index (χ1) is 8.99. The SMILES string of the molecule is CCC(C)(C)C(=O)N(CO)c1cn2ccccc2n1. The average Bonchev–Trinajstić information content (AvgIpc) is 2.82. The summed E-state index contributed by atoms with van der Waals surface area (Å²) in [5.74, 6) is 0.348. The van der Waals surface area contributed by atoms with E-state index in [1.165, 1.54) is 4.90 Å². The van der Waals surface area contributed by atoms with E-state index in [9.17, 15) is 9.90 Å². The van der Waals surface area contributed by atoms with E-state index in [4.69, 9.17) is 0 Å². The summed E-state index contributed by atoms with van der Waals surface area (Å²) in [6.45, 7) is 5.32. The van der Waals surface area contributed by atoms with Crippen molar-refractivity contribution >= 4 is 17.4 Å². The Kier molecular flexibility index (Phi) is 3.57. The second-order valence-corrected chi connectivity index (χ2v) is 5.18. The summed E-state index contributed by atoms with van der Waals surface area (Å²) >= 11 is 0. The van der Waals surface area contributed by atoms with E-state index in [2.05, 4.69) is 4.98 Å². The van der Waals surface area contributed by atoms with Crippen molar-refractivity contribution in [2.24, 2.45) is 5.41 Å². The minimum atomic E-state index is -0.515. The lowest BCUT2D eigenvalue weighted by molar-refractivity contribution is -0.127. The van der Waals surface area contributed by atoms with Gasteiger partial charge in [0, 0.05) is 11.6 Å². The zero-order valence-corrected chi connectivity index (χ0v) is 11.5. The molecule has 5 heteroatoms. The molecular formula is C14H19N3O2. The number of hydrogen-bond donors (Lipinski definition) is 1. The third kappa shape index (κ3) is 2.46. The van der Waals surface area contributed by atoms with Gasteiger partial charge in [0.1, 0.15) is 12.4 Å². The normalized spacial score (nSPS) is 11.8. The number of imidazole rings is 1. The van der Waals surface area contributed by atoms with E-state index in [1.807, 2.05) is 49.6 Å². The second-order valence-electron chi connectivity index (χ2n) is 5.18. The molecule has 0 aliphatic rings. The Morgan fingerprint density at radius 3 is 2.79 bits per heavy atom. The number of aliphatic hydroxyl groups excluding tert-OH is 1. The molecule has 0 radical (unpaired) electrons. The van der Waals surface area contributed by atoms with Gasteiger partial charge in [0.25, 0.3) is 0 Å². The van der Waals surface area contributed by atoms with E-state index in [0.29, 0.717) is 12.2 Å². The maximum Gasteiger partial charge on any atom is 0.235 e. The maximum atomic E-state index is 12.4. The van der Waals surface area contributed by atoms with E-state index in [-0.39, 0.29) is 12.6 Å². The van der Waals surface area contributed by atoms with Gasteiger partial charge in [-0.1, -0.05) is 26.8 Å². The molecule has 0 aliphatic carbocycles. The van der Waals surface area contributed by atoms with Crippen LogP contribution in [0.1, 0.15) is 27.2 Å². The zero-order chi connectivity index (χ0) is 14.0. The molecule has 0 fully saturated rings. The molecule has 0 spiro atoms. The van der Waals surface area contributed by atoms with Crippen molar-refractivity contribution < 1.29 is 9.90 Å². The summed E-state index contributed by atoms with van der Waals surface area (Å²) < 4.78 is 1.82. The van der Waals surface area contributed by atoms with E-state index in [0.717, 1.165) is 5.65 Å². The van der Waals surface area contributed by atoms with Crippen LogP contribution in [0.2, 0.25) is 0 Å². The molecule has 5 nitrogen and oxygen atoms in total. The summed E-state index contributed by atoms with van der Waals surface area (Å²) in [5.41, 5.74) is 0.233. The number of carbonyl (C=O) groups is 1. The highest BCUT2D eigenvalue weighted by Gasteiger charge is 2.31. The fourth-order valence-corrected chi connectivity index (χ4v) is 1.81. The van der Waals surface area contributed by atoms with Crippen LogP contribution < -0.4 is 4.90 Å². The molecule has 0 saturated carbocycles. The van der Waals surface area contributed by atoms with Gasteiger partial charge in [-0.05, 0) is 18.6 Å². The molecular weight excluding hydrogens is 242 g/mol. The third-order valence-electron chi connectivity index (χ3n) is 3.48. The summed E-state index contributed by atoms with van der Waals surface area (Å²) in [5, 5.41) is 9.49. The highest BCUT2D eigenvalue weighted by molar-refractivity contribution is 5.96. The molecule has 0 atom stereocenters. The minimum Gasteiger partial charge on any atom is -0.376 e. The van der Waals surface area contributed by atoms with Gasteiger partial charge in [-0.2, -0.15) is 0 Å². The Labute approximate surface area is 112 Å². The number of rotatable bonds is 4. The molecule has 2 aromatic heterocycles. The molecule has 0 aliphatic heterocycles. The number of anilines is 1. The predicted octanol–water partition coefficient (Wildman–Crippen LogP) is 2.05. The minimum absolute atomic E-state index is 0.124. The molecule has 1 N–H and O–H groups in total. The number of aromatic nitrogens is 2. The highest BCUT2D eigenvalue weighted by Crippen LogP contribution is 2.26. The smallest absolute Gasteiger partial charge is 0.235 e. The first kappa shape index (κ1) is 13.5. The monoisotopic (exact) mass is 261 g/mol. The topological polar surface area (TPSA) is 57.8 Å². The Morgan fingerprint density at radius 2 is 2.21 bits per heavy atom. The molecule has 102 valence electrons. The zero-order valence-electron chi connectivity index (χ0n) is 11.5. The standard InChI is InChI=1S/C14H19N3O2/c1-4-14(2,3)13(19)17(10-18)12-9-16-8-6-5-7-11(16)15-12/h5-9,18H,4,10H2,1-3H3. The number of aliphatic hydroxyl groups is 1. The van der Waals surface area contributed by atoms with Gasteiger partial charge in [0.05, 0.1) is 6.20 Å². The summed E-state index contributed by atoms with van der Waals surface area (Å²) in [6, 6.07) is 5.63. The predicted molar refractivity (Wildman–Crippen MR) is 73.8 cm³/mol. The molecule has 2 aromatic rings. The van der Waals surface area contributed by atoms with Gasteiger partial charge >= 0.3 is 0 Å². The van der Waals surface area contributed by atoms with Gasteiger partial charge < -0.3 is 9.51 Å². The molecule has 0 saturated heterocycles. The molecule has 0 aromatic carbocycles. The van der Waals surface area contributed by atoms with Crippen LogP contribution in [-0.4, -0.2) is 27.1 Å². The lowest BCUT2D eigenvalue weighted by atomic mass is 9.88. The number of hydrogen-bond acceptors (Lipinski definition) is 3. The number of carbonyl (C=O) groups excluding carboxylic acids is 1. The van der Waals surface area contributed by atoms with Crippen LogP contribution in [0, 0.1) is 5.41 Å². The maximum absolute atomic E-state index is 12.4. The third-order valence-corrected chi connectivity index (χ3v) is 3.48. The van der Waals surface area contributed by atoms with Crippen LogP contribution in [0.25, 0.3) is 5.65 Å². The molecule has 2 rings (SSSR count). The molecule has 0 unspecified atom stereocenters. The van der Waals surface area contributed by atoms with E-state index in [1.54, 1.807) is 6.20 Å².